The van der Waals surface area contributed by atoms with Crippen LogP contribution in [-0.2, 0) is 11.3 Å². The van der Waals surface area contributed by atoms with E-state index < -0.39 is 6.03 Å². The zero-order valence-corrected chi connectivity index (χ0v) is 13.9. The maximum absolute atomic E-state index is 12.1. The van der Waals surface area contributed by atoms with Crippen LogP contribution >= 0.6 is 0 Å². The number of hydrogen-bond donors (Lipinski definition) is 3. The predicted octanol–water partition coefficient (Wildman–Crippen LogP) is 1.71. The molecule has 0 bridgehead atoms. The average molecular weight is 350 g/mol. The van der Waals surface area contributed by atoms with E-state index in [-0.39, 0.29) is 12.5 Å². The van der Waals surface area contributed by atoms with Gasteiger partial charge in [-0.05, 0) is 17.7 Å². The van der Waals surface area contributed by atoms with Crippen LogP contribution in [0.1, 0.15) is 5.56 Å². The predicted molar refractivity (Wildman–Crippen MR) is 96.7 cm³/mol. The summed E-state index contributed by atoms with van der Waals surface area (Å²) >= 11 is 0. The number of benzene rings is 2. The molecule has 0 spiro atoms. The number of aromatic nitrogens is 3. The average Bonchev–Trinajstić information content (AvgIpc) is 3.20. The second-order valence-corrected chi connectivity index (χ2v) is 5.43. The molecule has 3 aromatic rings. The molecule has 3 N–H and O–H groups in total. The van der Waals surface area contributed by atoms with Crippen molar-refractivity contribution in [3.63, 3.8) is 0 Å². The van der Waals surface area contributed by atoms with Crippen molar-refractivity contribution >= 4 is 17.6 Å². The van der Waals surface area contributed by atoms with Crippen LogP contribution in [0.3, 0.4) is 0 Å². The number of anilines is 1. The maximum Gasteiger partial charge on any atom is 0.315 e. The second kappa shape index (κ2) is 8.43. The summed E-state index contributed by atoms with van der Waals surface area (Å²) in [4.78, 5) is 27.8. The van der Waals surface area contributed by atoms with E-state index in [0.29, 0.717) is 17.9 Å². The third-order valence-corrected chi connectivity index (χ3v) is 3.55. The molecular weight excluding hydrogens is 332 g/mol. The zero-order chi connectivity index (χ0) is 18.2. The monoisotopic (exact) mass is 350 g/mol. The molecule has 8 heteroatoms. The maximum atomic E-state index is 12.1. The Labute approximate surface area is 150 Å². The van der Waals surface area contributed by atoms with Crippen molar-refractivity contribution < 1.29 is 9.59 Å². The molecule has 132 valence electrons. The van der Waals surface area contributed by atoms with Gasteiger partial charge in [0.1, 0.15) is 12.7 Å². The molecule has 26 heavy (non-hydrogen) atoms. The third-order valence-electron chi connectivity index (χ3n) is 3.55. The van der Waals surface area contributed by atoms with E-state index in [2.05, 4.69) is 26.0 Å². The number of nitrogens with zero attached hydrogens (tertiary/aromatic N) is 3. The van der Waals surface area contributed by atoms with Crippen molar-refractivity contribution in [2.45, 2.75) is 6.54 Å². The molecule has 3 amide bonds. The standard InChI is InChI=1S/C18H18N6O2/c25-17(11-21-18(26)20-10-14-6-2-1-3-7-14)23-15-8-4-5-9-16(15)24-13-19-12-22-24/h1-9,12-13H,10-11H2,(H,23,25)(H2,20,21,26). The van der Waals surface area contributed by atoms with Gasteiger partial charge in [-0.25, -0.2) is 14.5 Å². The number of nitrogens with one attached hydrogen (secondary N) is 3. The van der Waals surface area contributed by atoms with Gasteiger partial charge in [0.2, 0.25) is 5.91 Å². The van der Waals surface area contributed by atoms with E-state index in [1.165, 1.54) is 6.33 Å². The van der Waals surface area contributed by atoms with Crippen LogP contribution in [0.2, 0.25) is 0 Å². The smallest absolute Gasteiger partial charge is 0.315 e. The van der Waals surface area contributed by atoms with E-state index in [0.717, 1.165) is 5.56 Å². The summed E-state index contributed by atoms with van der Waals surface area (Å²) in [6.07, 6.45) is 2.96. The molecule has 0 atom stereocenters. The normalized spacial score (nSPS) is 10.2. The lowest BCUT2D eigenvalue weighted by Gasteiger charge is -2.11. The van der Waals surface area contributed by atoms with E-state index in [1.54, 1.807) is 23.1 Å². The van der Waals surface area contributed by atoms with Crippen molar-refractivity contribution in [3.05, 3.63) is 72.8 Å². The van der Waals surface area contributed by atoms with Gasteiger partial charge in [0.25, 0.3) is 0 Å². The Morgan fingerprint density at radius 2 is 1.73 bits per heavy atom. The topological polar surface area (TPSA) is 101 Å². The van der Waals surface area contributed by atoms with Crippen molar-refractivity contribution in [2.75, 3.05) is 11.9 Å². The molecule has 1 aromatic heterocycles. The molecule has 0 unspecified atom stereocenters. The van der Waals surface area contributed by atoms with Gasteiger partial charge in [-0.1, -0.05) is 42.5 Å². The van der Waals surface area contributed by atoms with Gasteiger partial charge >= 0.3 is 6.03 Å². The summed E-state index contributed by atoms with van der Waals surface area (Å²) in [6.45, 7) is 0.246. The Morgan fingerprint density at radius 3 is 2.50 bits per heavy atom. The second-order valence-electron chi connectivity index (χ2n) is 5.43. The molecule has 8 nitrogen and oxygen atoms in total. The highest BCUT2D eigenvalue weighted by molar-refractivity contribution is 5.95. The molecule has 0 aliphatic rings. The number of carbonyl (C=O) groups is 2. The van der Waals surface area contributed by atoms with Gasteiger partial charge in [0.05, 0.1) is 17.9 Å². The number of carbonyl (C=O) groups excluding carboxylic acids is 2. The largest absolute Gasteiger partial charge is 0.334 e. The summed E-state index contributed by atoms with van der Waals surface area (Å²) < 4.78 is 1.55. The van der Waals surface area contributed by atoms with Crippen molar-refractivity contribution in [3.8, 4) is 5.69 Å². The van der Waals surface area contributed by atoms with Gasteiger partial charge in [-0.2, -0.15) is 5.10 Å². The minimum atomic E-state index is -0.409. The van der Waals surface area contributed by atoms with Crippen molar-refractivity contribution in [1.29, 1.82) is 0 Å². The quantitative estimate of drug-likeness (QED) is 0.630. The van der Waals surface area contributed by atoms with E-state index in [9.17, 15) is 9.59 Å². The Kier molecular flexibility index (Phi) is 5.56. The van der Waals surface area contributed by atoms with Crippen molar-refractivity contribution in [1.82, 2.24) is 25.4 Å². The van der Waals surface area contributed by atoms with Crippen LogP contribution in [-0.4, -0.2) is 33.2 Å². The van der Waals surface area contributed by atoms with Crippen LogP contribution in [0.4, 0.5) is 10.5 Å². The lowest BCUT2D eigenvalue weighted by molar-refractivity contribution is -0.115. The molecule has 0 aliphatic heterocycles. The molecule has 2 aromatic carbocycles. The lowest BCUT2D eigenvalue weighted by Crippen LogP contribution is -2.39. The first kappa shape index (κ1) is 17.2. The molecule has 0 aliphatic carbocycles. The summed E-state index contributed by atoms with van der Waals surface area (Å²) in [7, 11) is 0. The van der Waals surface area contributed by atoms with Crippen LogP contribution in [0.5, 0.6) is 0 Å². The van der Waals surface area contributed by atoms with E-state index in [1.807, 2.05) is 42.5 Å². The van der Waals surface area contributed by atoms with Gasteiger partial charge in [-0.15, -0.1) is 0 Å². The third kappa shape index (κ3) is 4.67. The summed E-state index contributed by atoms with van der Waals surface area (Å²) in [6, 6.07) is 16.3. The Hall–Kier alpha value is -3.68. The molecule has 0 saturated heterocycles. The van der Waals surface area contributed by atoms with Gasteiger partial charge < -0.3 is 16.0 Å². The highest BCUT2D eigenvalue weighted by Crippen LogP contribution is 2.18. The summed E-state index contributed by atoms with van der Waals surface area (Å²) in [5.41, 5.74) is 2.25. The van der Waals surface area contributed by atoms with Gasteiger partial charge in [0.15, 0.2) is 0 Å². The fourth-order valence-electron chi connectivity index (χ4n) is 2.31. The highest BCUT2D eigenvalue weighted by atomic mass is 16.2. The first-order valence-corrected chi connectivity index (χ1v) is 8.02. The number of amides is 3. The number of para-hydroxylation sites is 2. The fraction of sp³-hybridized carbons (Fsp3) is 0.111. The van der Waals surface area contributed by atoms with Crippen LogP contribution in [0.25, 0.3) is 5.69 Å². The van der Waals surface area contributed by atoms with Gasteiger partial charge in [-0.3, -0.25) is 4.79 Å². The van der Waals surface area contributed by atoms with Crippen LogP contribution in [0.15, 0.2) is 67.3 Å². The number of rotatable bonds is 6. The summed E-state index contributed by atoms with van der Waals surface area (Å²) in [5.74, 6) is -0.340. The number of urea groups is 1. The molecule has 0 radical (unpaired) electrons. The SMILES string of the molecule is O=C(CNC(=O)NCc1ccccc1)Nc1ccccc1-n1cncn1. The Balaban J connectivity index is 1.50. The van der Waals surface area contributed by atoms with E-state index in [4.69, 9.17) is 0 Å². The Morgan fingerprint density at radius 1 is 0.962 bits per heavy atom. The summed E-state index contributed by atoms with van der Waals surface area (Å²) in [5, 5.41) is 12.0. The van der Waals surface area contributed by atoms with Crippen LogP contribution in [0, 0.1) is 0 Å². The highest BCUT2D eigenvalue weighted by Gasteiger charge is 2.09. The van der Waals surface area contributed by atoms with Crippen molar-refractivity contribution in [2.24, 2.45) is 0 Å². The van der Waals surface area contributed by atoms with Gasteiger partial charge in [0, 0.05) is 6.54 Å². The Bertz CT molecular complexity index is 864. The molecule has 3 rings (SSSR count). The molecule has 1 heterocycles. The van der Waals surface area contributed by atoms with Crippen LogP contribution < -0.4 is 16.0 Å². The fourth-order valence-corrected chi connectivity index (χ4v) is 2.31. The zero-order valence-electron chi connectivity index (χ0n) is 13.9. The first-order chi connectivity index (χ1) is 12.7. The van der Waals surface area contributed by atoms with E-state index >= 15 is 0 Å². The molecule has 0 fully saturated rings. The molecule has 0 saturated carbocycles. The minimum absolute atomic E-state index is 0.147. The number of hydrogen-bond acceptors (Lipinski definition) is 4. The minimum Gasteiger partial charge on any atom is -0.334 e. The molecular formula is C18H18N6O2. The lowest BCUT2D eigenvalue weighted by atomic mass is 10.2. The first-order valence-electron chi connectivity index (χ1n) is 8.02.